The second-order valence-corrected chi connectivity index (χ2v) is 12.3. The maximum Gasteiger partial charge on any atom is 0.309 e. The number of ketones is 1. The lowest BCUT2D eigenvalue weighted by molar-refractivity contribution is -0.154. The number of aliphatic hydroxyl groups is 2. The molecule has 0 spiro atoms. The minimum absolute atomic E-state index is 0.00272. The summed E-state index contributed by atoms with van der Waals surface area (Å²) in [6.07, 6.45) is 3.83. The third kappa shape index (κ3) is 6.69. The maximum atomic E-state index is 13.3. The van der Waals surface area contributed by atoms with Gasteiger partial charge in [-0.05, 0) is 63.0 Å². The number of thiazole rings is 1. The van der Waals surface area contributed by atoms with Crippen LogP contribution in [0.1, 0.15) is 77.9 Å². The van der Waals surface area contributed by atoms with Crippen molar-refractivity contribution < 1.29 is 24.5 Å². The molecule has 1 saturated carbocycles. The van der Waals surface area contributed by atoms with E-state index in [-0.39, 0.29) is 18.1 Å². The number of ether oxygens (including phenoxy) is 1. The van der Waals surface area contributed by atoms with Crippen LogP contribution in [0.2, 0.25) is 0 Å². The molecule has 7 atom stereocenters. The SMILES string of the molecule is C/C1=C/C[C@@H](/C(C)=C/c2csc(C)n2)OC(=O)C[C@H](O)C(C)(C)C(=O)[C@H](C)[C@@H](O)[C@@H](C)[C@H]2C[C@H]2C1. The van der Waals surface area contributed by atoms with E-state index >= 15 is 0 Å². The molecule has 3 rings (SSSR count). The maximum absolute atomic E-state index is 13.3. The Morgan fingerprint density at radius 1 is 1.20 bits per heavy atom. The number of hydrogen-bond donors (Lipinski definition) is 2. The molecule has 2 aliphatic rings. The van der Waals surface area contributed by atoms with Gasteiger partial charge >= 0.3 is 5.97 Å². The molecule has 0 radical (unpaired) electrons. The summed E-state index contributed by atoms with van der Waals surface area (Å²) in [6, 6.07) is 0. The number of aliphatic hydroxyl groups excluding tert-OH is 2. The van der Waals surface area contributed by atoms with Gasteiger partial charge in [-0.2, -0.15) is 0 Å². The number of aromatic nitrogens is 1. The van der Waals surface area contributed by atoms with Gasteiger partial charge < -0.3 is 14.9 Å². The van der Waals surface area contributed by atoms with E-state index in [4.69, 9.17) is 4.74 Å². The lowest BCUT2D eigenvalue weighted by Gasteiger charge is -2.34. The van der Waals surface area contributed by atoms with Crippen LogP contribution >= 0.6 is 11.3 Å². The average Bonchev–Trinajstić information content (AvgIpc) is 3.43. The molecule has 0 unspecified atom stereocenters. The molecule has 35 heavy (non-hydrogen) atoms. The highest BCUT2D eigenvalue weighted by Crippen LogP contribution is 2.50. The third-order valence-electron chi connectivity index (χ3n) is 8.00. The van der Waals surface area contributed by atoms with Gasteiger partial charge in [0.2, 0.25) is 0 Å². The van der Waals surface area contributed by atoms with E-state index in [1.807, 2.05) is 32.2 Å². The highest BCUT2D eigenvalue weighted by Gasteiger charge is 2.47. The second kappa shape index (κ2) is 11.1. The summed E-state index contributed by atoms with van der Waals surface area (Å²) in [5, 5.41) is 24.8. The van der Waals surface area contributed by atoms with Crippen LogP contribution in [0.25, 0.3) is 6.08 Å². The van der Waals surface area contributed by atoms with Gasteiger partial charge in [-0.15, -0.1) is 11.3 Å². The van der Waals surface area contributed by atoms with Crippen molar-refractivity contribution in [3.8, 4) is 0 Å². The number of rotatable bonds is 2. The standard InChI is InChI=1S/C28H41NO5S/c1-15-8-9-23(16(2)11-21-14-35-19(5)29-21)34-25(31)13-24(30)28(6,7)27(33)18(4)26(32)17(3)22-12-20(22)10-15/h8,11,14,17-18,20,22-24,26,30,32H,9-10,12-13H2,1-7H3/b15-8-,16-11+/t17-,18+,20+,22+,23-,24-,26-/m0/s1. The van der Waals surface area contributed by atoms with Crippen molar-refractivity contribution in [2.24, 2.45) is 29.1 Å². The first-order chi connectivity index (χ1) is 16.3. The molecule has 0 amide bonds. The number of aryl methyl sites for hydroxylation is 1. The molecular weight excluding hydrogens is 462 g/mol. The Labute approximate surface area is 213 Å². The fraction of sp³-hybridized carbons (Fsp3) is 0.679. The van der Waals surface area contributed by atoms with Crippen LogP contribution in [0, 0.1) is 36.0 Å². The number of cyclic esters (lactones) is 1. The number of nitrogens with zero attached hydrogens (tertiary/aromatic N) is 1. The molecule has 1 aliphatic heterocycles. The Kier molecular flexibility index (Phi) is 8.77. The zero-order valence-electron chi connectivity index (χ0n) is 22.1. The quantitative estimate of drug-likeness (QED) is 0.429. The van der Waals surface area contributed by atoms with E-state index in [9.17, 15) is 19.8 Å². The fourth-order valence-corrected chi connectivity index (χ4v) is 5.86. The summed E-state index contributed by atoms with van der Waals surface area (Å²) in [5.74, 6) is -0.544. The van der Waals surface area contributed by atoms with Crippen LogP contribution in [-0.2, 0) is 14.3 Å². The van der Waals surface area contributed by atoms with Gasteiger partial charge in [-0.25, -0.2) is 4.98 Å². The largest absolute Gasteiger partial charge is 0.457 e. The van der Waals surface area contributed by atoms with Crippen LogP contribution < -0.4 is 0 Å². The number of carbonyl (C=O) groups is 2. The molecule has 7 heteroatoms. The Hall–Kier alpha value is -1.83. The van der Waals surface area contributed by atoms with Gasteiger partial charge in [-0.3, -0.25) is 9.59 Å². The Balaban J connectivity index is 1.89. The minimum Gasteiger partial charge on any atom is -0.457 e. The number of esters is 1. The predicted molar refractivity (Wildman–Crippen MR) is 139 cm³/mol. The number of allylic oxidation sites excluding steroid dienone is 1. The van der Waals surface area contributed by atoms with Crippen molar-refractivity contribution in [3.05, 3.63) is 33.3 Å². The van der Waals surface area contributed by atoms with Crippen molar-refractivity contribution in [3.63, 3.8) is 0 Å². The van der Waals surface area contributed by atoms with Crippen molar-refractivity contribution in [1.29, 1.82) is 0 Å². The molecule has 194 valence electrons. The molecular formula is C28H41NO5S. The second-order valence-electron chi connectivity index (χ2n) is 11.3. The lowest BCUT2D eigenvalue weighted by atomic mass is 9.72. The lowest BCUT2D eigenvalue weighted by Crippen LogP contribution is -2.46. The number of hydrogen-bond acceptors (Lipinski definition) is 7. The first kappa shape index (κ1) is 27.8. The van der Waals surface area contributed by atoms with Gasteiger partial charge in [-0.1, -0.05) is 39.3 Å². The Bertz CT molecular complexity index is 993. The molecule has 1 fully saturated rings. The monoisotopic (exact) mass is 503 g/mol. The molecule has 0 aromatic carbocycles. The molecule has 2 heterocycles. The number of carbonyl (C=O) groups excluding carboxylic acids is 2. The van der Waals surface area contributed by atoms with Crippen LogP contribution in [-0.4, -0.2) is 45.3 Å². The van der Waals surface area contributed by atoms with Gasteiger partial charge in [0, 0.05) is 17.7 Å². The normalized spacial score (nSPS) is 36.7. The molecule has 0 saturated heterocycles. The number of fused-ring (bicyclic) bond motifs is 1. The third-order valence-corrected chi connectivity index (χ3v) is 8.80. The Morgan fingerprint density at radius 3 is 2.51 bits per heavy atom. The summed E-state index contributed by atoms with van der Waals surface area (Å²) in [7, 11) is 0. The van der Waals surface area contributed by atoms with Crippen LogP contribution in [0.4, 0.5) is 0 Å². The van der Waals surface area contributed by atoms with E-state index in [1.165, 1.54) is 5.57 Å². The molecule has 0 bridgehead atoms. The van der Waals surface area contributed by atoms with Crippen molar-refractivity contribution in [2.75, 3.05) is 0 Å². The van der Waals surface area contributed by atoms with Gasteiger partial charge in [0.25, 0.3) is 0 Å². The van der Waals surface area contributed by atoms with E-state index < -0.39 is 35.6 Å². The van der Waals surface area contributed by atoms with E-state index in [1.54, 1.807) is 32.1 Å². The summed E-state index contributed by atoms with van der Waals surface area (Å²) in [4.78, 5) is 30.7. The highest BCUT2D eigenvalue weighted by molar-refractivity contribution is 7.09. The van der Waals surface area contributed by atoms with Crippen molar-refractivity contribution in [2.45, 2.75) is 92.5 Å². The topological polar surface area (TPSA) is 96.7 Å². The zero-order chi connectivity index (χ0) is 26.1. The van der Waals surface area contributed by atoms with E-state index in [0.717, 1.165) is 29.1 Å². The average molecular weight is 504 g/mol. The molecule has 2 N–H and O–H groups in total. The summed E-state index contributed by atoms with van der Waals surface area (Å²) in [6.45, 7) is 13.0. The van der Waals surface area contributed by atoms with E-state index in [2.05, 4.69) is 18.0 Å². The Morgan fingerprint density at radius 2 is 1.89 bits per heavy atom. The van der Waals surface area contributed by atoms with E-state index in [0.29, 0.717) is 18.3 Å². The van der Waals surface area contributed by atoms with Crippen LogP contribution in [0.15, 0.2) is 22.6 Å². The summed E-state index contributed by atoms with van der Waals surface area (Å²) >= 11 is 1.57. The van der Waals surface area contributed by atoms with Gasteiger partial charge in [0.15, 0.2) is 0 Å². The first-order valence-corrected chi connectivity index (χ1v) is 13.5. The summed E-state index contributed by atoms with van der Waals surface area (Å²) in [5.41, 5.74) is 1.76. The predicted octanol–water partition coefficient (Wildman–Crippen LogP) is 5.12. The smallest absolute Gasteiger partial charge is 0.309 e. The van der Waals surface area contributed by atoms with Gasteiger partial charge in [0.05, 0.1) is 34.7 Å². The highest BCUT2D eigenvalue weighted by atomic mass is 32.1. The minimum atomic E-state index is -1.21. The van der Waals surface area contributed by atoms with Crippen LogP contribution in [0.3, 0.4) is 0 Å². The molecule has 6 nitrogen and oxygen atoms in total. The summed E-state index contributed by atoms with van der Waals surface area (Å²) < 4.78 is 5.84. The van der Waals surface area contributed by atoms with Crippen LogP contribution in [0.5, 0.6) is 0 Å². The molecule has 1 aromatic heterocycles. The molecule has 1 aliphatic carbocycles. The fourth-order valence-electron chi connectivity index (χ4n) is 5.29. The van der Waals surface area contributed by atoms with Crippen molar-refractivity contribution >= 4 is 29.2 Å². The first-order valence-electron chi connectivity index (χ1n) is 12.7. The van der Waals surface area contributed by atoms with Crippen molar-refractivity contribution in [1.82, 2.24) is 4.98 Å². The molecule has 1 aromatic rings. The zero-order valence-corrected chi connectivity index (χ0v) is 22.9. The number of Topliss-reactive ketones (excluding diaryl/α,β-unsaturated/α-hetero) is 1. The van der Waals surface area contributed by atoms with Gasteiger partial charge in [0.1, 0.15) is 11.9 Å².